The maximum atomic E-state index is 14.1. The molecule has 0 saturated heterocycles. The highest BCUT2D eigenvalue weighted by Gasteiger charge is 2.23. The maximum Gasteiger partial charge on any atom is 0.409 e. The van der Waals surface area contributed by atoms with Crippen molar-refractivity contribution in [2.24, 2.45) is 0 Å². The third-order valence-corrected chi connectivity index (χ3v) is 3.94. The molecule has 6 heteroatoms. The Balaban J connectivity index is 1.90. The first kappa shape index (κ1) is 18.8. The monoisotopic (exact) mass is 375 g/mol. The summed E-state index contributed by atoms with van der Waals surface area (Å²) in [5.41, 5.74) is 2.67. The molecule has 1 aromatic heterocycles. The molecule has 0 saturated carbocycles. The molecule has 0 spiro atoms. The van der Waals surface area contributed by atoms with Crippen LogP contribution in [0.1, 0.15) is 11.1 Å². The molecule has 0 aliphatic heterocycles. The fourth-order valence-electron chi connectivity index (χ4n) is 2.56. The predicted molar refractivity (Wildman–Crippen MR) is 94.9 cm³/mol. The second-order valence-corrected chi connectivity index (χ2v) is 6.03. The van der Waals surface area contributed by atoms with Crippen LogP contribution in [0.2, 0.25) is 0 Å². The average molecular weight is 375 g/mol. The van der Waals surface area contributed by atoms with Crippen molar-refractivity contribution in [3.05, 3.63) is 83.6 Å². The molecule has 3 rings (SSSR count). The third-order valence-electron chi connectivity index (χ3n) is 3.94. The van der Waals surface area contributed by atoms with Crippen molar-refractivity contribution in [2.75, 3.05) is 0 Å². The number of benzene rings is 2. The molecule has 3 aromatic rings. The molecule has 0 N–H and O–H groups in total. The largest absolute Gasteiger partial charge is 0.409 e. The van der Waals surface area contributed by atoms with Gasteiger partial charge in [0.1, 0.15) is 11.6 Å². The van der Waals surface area contributed by atoms with Crippen LogP contribution in [-0.4, -0.2) is 11.2 Å². The van der Waals surface area contributed by atoms with E-state index in [1.807, 2.05) is 19.1 Å². The van der Waals surface area contributed by atoms with Gasteiger partial charge in [0.05, 0.1) is 5.69 Å². The minimum atomic E-state index is -4.64. The Morgan fingerprint density at radius 3 is 1.93 bits per heavy atom. The number of alkyl halides is 3. The van der Waals surface area contributed by atoms with Crippen LogP contribution < -0.4 is 0 Å². The van der Waals surface area contributed by atoms with Gasteiger partial charge in [-0.05, 0) is 47.9 Å². The van der Waals surface area contributed by atoms with E-state index < -0.39 is 23.4 Å². The second-order valence-electron chi connectivity index (χ2n) is 6.03. The minimum absolute atomic E-state index is 0.197. The molecule has 138 valence electrons. The Morgan fingerprint density at radius 1 is 0.815 bits per heavy atom. The normalized spacial score (nSPS) is 11.9. The summed E-state index contributed by atoms with van der Waals surface area (Å²) >= 11 is 0. The highest BCUT2D eigenvalue weighted by molar-refractivity contribution is 5.70. The van der Waals surface area contributed by atoms with Crippen molar-refractivity contribution in [1.29, 1.82) is 0 Å². The SMILES string of the molecule is Cc1ccc(-c2ccc(-c3cc(F)c(/C=C/C(F)(F)F)c(F)c3)cc2)nc1. The number of rotatable bonds is 3. The topological polar surface area (TPSA) is 12.9 Å². The Kier molecular flexibility index (Phi) is 5.08. The minimum Gasteiger partial charge on any atom is -0.256 e. The van der Waals surface area contributed by atoms with Crippen molar-refractivity contribution in [3.63, 3.8) is 0 Å². The zero-order valence-electron chi connectivity index (χ0n) is 14.2. The molecule has 2 aromatic carbocycles. The van der Waals surface area contributed by atoms with Gasteiger partial charge < -0.3 is 0 Å². The fourth-order valence-corrected chi connectivity index (χ4v) is 2.56. The van der Waals surface area contributed by atoms with Gasteiger partial charge in [0.25, 0.3) is 0 Å². The Bertz CT molecular complexity index is 948. The van der Waals surface area contributed by atoms with Crippen LogP contribution in [0, 0.1) is 18.6 Å². The van der Waals surface area contributed by atoms with Crippen molar-refractivity contribution in [2.45, 2.75) is 13.1 Å². The number of halogens is 5. The number of hydrogen-bond donors (Lipinski definition) is 0. The van der Waals surface area contributed by atoms with Gasteiger partial charge in [-0.1, -0.05) is 30.3 Å². The summed E-state index contributed by atoms with van der Waals surface area (Å²) in [5.74, 6) is -2.12. The molecule has 0 atom stereocenters. The first-order valence-corrected chi connectivity index (χ1v) is 8.01. The summed E-state index contributed by atoms with van der Waals surface area (Å²) in [7, 11) is 0. The lowest BCUT2D eigenvalue weighted by Gasteiger charge is -2.08. The molecule has 0 amide bonds. The van der Waals surface area contributed by atoms with E-state index in [-0.39, 0.29) is 11.6 Å². The molecular formula is C21H14F5N. The highest BCUT2D eigenvalue weighted by Crippen LogP contribution is 2.28. The van der Waals surface area contributed by atoms with Crippen molar-refractivity contribution in [3.8, 4) is 22.4 Å². The smallest absolute Gasteiger partial charge is 0.256 e. The van der Waals surface area contributed by atoms with Crippen molar-refractivity contribution >= 4 is 6.08 Å². The maximum absolute atomic E-state index is 14.1. The predicted octanol–water partition coefficient (Wildman–Crippen LogP) is 6.58. The van der Waals surface area contributed by atoms with Crippen LogP contribution in [-0.2, 0) is 0 Å². The number of allylic oxidation sites excluding steroid dienone is 1. The van der Waals surface area contributed by atoms with E-state index >= 15 is 0 Å². The van der Waals surface area contributed by atoms with Crippen LogP contribution >= 0.6 is 0 Å². The second kappa shape index (κ2) is 7.31. The number of nitrogens with zero attached hydrogens (tertiary/aromatic N) is 1. The number of aromatic nitrogens is 1. The van der Waals surface area contributed by atoms with E-state index in [0.29, 0.717) is 11.6 Å². The van der Waals surface area contributed by atoms with Crippen LogP contribution in [0.3, 0.4) is 0 Å². The average Bonchev–Trinajstić information content (AvgIpc) is 2.61. The summed E-state index contributed by atoms with van der Waals surface area (Å²) in [6.45, 7) is 1.93. The van der Waals surface area contributed by atoms with Gasteiger partial charge in [0.2, 0.25) is 0 Å². The van der Waals surface area contributed by atoms with Crippen LogP contribution in [0.4, 0.5) is 22.0 Å². The zero-order chi connectivity index (χ0) is 19.6. The molecule has 0 fully saturated rings. The van der Waals surface area contributed by atoms with Gasteiger partial charge in [0, 0.05) is 23.4 Å². The first-order chi connectivity index (χ1) is 12.7. The van der Waals surface area contributed by atoms with Crippen LogP contribution in [0.5, 0.6) is 0 Å². The van der Waals surface area contributed by atoms with E-state index in [1.165, 1.54) is 0 Å². The summed E-state index contributed by atoms with van der Waals surface area (Å²) in [6.07, 6.45) is -2.71. The Hall–Kier alpha value is -3.02. The molecular weight excluding hydrogens is 361 g/mol. The van der Waals surface area contributed by atoms with Gasteiger partial charge in [0.15, 0.2) is 0 Å². The molecule has 0 unspecified atom stereocenters. The van der Waals surface area contributed by atoms with E-state index in [1.54, 1.807) is 30.5 Å². The van der Waals surface area contributed by atoms with E-state index in [2.05, 4.69) is 4.98 Å². The summed E-state index contributed by atoms with van der Waals surface area (Å²) < 4.78 is 64.8. The lowest BCUT2D eigenvalue weighted by molar-refractivity contribution is -0.0790. The van der Waals surface area contributed by atoms with Gasteiger partial charge in [-0.2, -0.15) is 13.2 Å². The first-order valence-electron chi connectivity index (χ1n) is 8.01. The number of hydrogen-bond acceptors (Lipinski definition) is 1. The molecule has 0 radical (unpaired) electrons. The van der Waals surface area contributed by atoms with E-state index in [4.69, 9.17) is 0 Å². The fraction of sp³-hybridized carbons (Fsp3) is 0.0952. The summed E-state index contributed by atoms with van der Waals surface area (Å²) in [4.78, 5) is 4.31. The molecule has 1 heterocycles. The van der Waals surface area contributed by atoms with Gasteiger partial charge >= 0.3 is 6.18 Å². The molecule has 1 nitrogen and oxygen atoms in total. The Morgan fingerprint density at radius 2 is 1.41 bits per heavy atom. The van der Waals surface area contributed by atoms with Gasteiger partial charge in [-0.15, -0.1) is 0 Å². The Labute approximate surface area is 152 Å². The van der Waals surface area contributed by atoms with Crippen LogP contribution in [0.15, 0.2) is 60.8 Å². The van der Waals surface area contributed by atoms with Crippen molar-refractivity contribution < 1.29 is 22.0 Å². The molecule has 0 aliphatic carbocycles. The van der Waals surface area contributed by atoms with E-state index in [0.717, 1.165) is 29.0 Å². The molecule has 0 aliphatic rings. The summed E-state index contributed by atoms with van der Waals surface area (Å²) in [6, 6.07) is 12.7. The van der Waals surface area contributed by atoms with Gasteiger partial charge in [-0.3, -0.25) is 4.98 Å². The number of aryl methyl sites for hydroxylation is 1. The lowest BCUT2D eigenvalue weighted by Crippen LogP contribution is -2.01. The number of pyridine rings is 1. The lowest BCUT2D eigenvalue weighted by atomic mass is 10.0. The standard InChI is InChI=1S/C21H14F5N/c1-13-2-7-20(27-12-13)15-5-3-14(4-6-15)16-10-18(22)17(19(23)11-16)8-9-21(24,25)26/h2-12H,1H3/b9-8+. The van der Waals surface area contributed by atoms with Crippen molar-refractivity contribution in [1.82, 2.24) is 4.98 Å². The van der Waals surface area contributed by atoms with E-state index in [9.17, 15) is 22.0 Å². The third kappa shape index (κ3) is 4.58. The van der Waals surface area contributed by atoms with Crippen LogP contribution in [0.25, 0.3) is 28.5 Å². The zero-order valence-corrected chi connectivity index (χ0v) is 14.2. The summed E-state index contributed by atoms with van der Waals surface area (Å²) in [5, 5.41) is 0. The van der Waals surface area contributed by atoms with Gasteiger partial charge in [-0.25, -0.2) is 8.78 Å². The quantitative estimate of drug-likeness (QED) is 0.471. The molecule has 0 bridgehead atoms. The highest BCUT2D eigenvalue weighted by atomic mass is 19.4. The molecule has 27 heavy (non-hydrogen) atoms.